The molecular formula is C19H17N5O4. The minimum atomic E-state index is -0.740. The molecule has 0 saturated heterocycles. The number of benzene rings is 2. The molecule has 0 aliphatic carbocycles. The number of hydrogen-bond donors (Lipinski definition) is 2. The number of rotatable bonds is 5. The summed E-state index contributed by atoms with van der Waals surface area (Å²) in [5, 5.41) is 17.8. The number of carbonyl (C=O) groups is 1. The smallest absolute Gasteiger partial charge is 0.282 e. The monoisotopic (exact) mass is 379 g/mol. The third-order valence-electron chi connectivity index (χ3n) is 4.18. The number of carbonyl (C=O) groups excluding carboxylic acids is 1. The third kappa shape index (κ3) is 3.58. The predicted octanol–water partition coefficient (Wildman–Crippen LogP) is 2.45. The SMILES string of the molecule is Cc1ccccc1-n1[nH]c(C)c(/C=N/NC(=O)c2ccccc2[N+](=O)[O-])c1=O. The van der Waals surface area contributed by atoms with Crippen LogP contribution in [0.25, 0.3) is 5.69 Å². The van der Waals surface area contributed by atoms with Gasteiger partial charge in [0, 0.05) is 11.8 Å². The van der Waals surface area contributed by atoms with Gasteiger partial charge < -0.3 is 0 Å². The van der Waals surface area contributed by atoms with Gasteiger partial charge in [-0.3, -0.25) is 24.8 Å². The van der Waals surface area contributed by atoms with Crippen LogP contribution in [0.2, 0.25) is 0 Å². The Morgan fingerprint density at radius 3 is 2.57 bits per heavy atom. The lowest BCUT2D eigenvalue weighted by atomic mass is 10.2. The molecule has 0 aliphatic heterocycles. The first-order valence-corrected chi connectivity index (χ1v) is 8.34. The summed E-state index contributed by atoms with van der Waals surface area (Å²) in [5.74, 6) is -0.740. The highest BCUT2D eigenvalue weighted by Crippen LogP contribution is 2.17. The molecule has 0 atom stereocenters. The van der Waals surface area contributed by atoms with Crippen molar-refractivity contribution in [3.63, 3.8) is 0 Å². The Labute approximate surface area is 159 Å². The number of aromatic nitrogens is 2. The zero-order valence-corrected chi connectivity index (χ0v) is 15.2. The van der Waals surface area contributed by atoms with Crippen LogP contribution >= 0.6 is 0 Å². The Balaban J connectivity index is 1.85. The summed E-state index contributed by atoms with van der Waals surface area (Å²) in [7, 11) is 0. The highest BCUT2D eigenvalue weighted by Gasteiger charge is 2.19. The molecule has 9 nitrogen and oxygen atoms in total. The number of amides is 1. The van der Waals surface area contributed by atoms with E-state index in [1.54, 1.807) is 6.92 Å². The van der Waals surface area contributed by atoms with E-state index in [0.717, 1.165) is 5.56 Å². The number of nitrogens with zero attached hydrogens (tertiary/aromatic N) is 3. The van der Waals surface area contributed by atoms with Crippen LogP contribution in [0.15, 0.2) is 58.4 Å². The summed E-state index contributed by atoms with van der Waals surface area (Å²) in [6.07, 6.45) is 1.22. The molecule has 2 N–H and O–H groups in total. The number of nitrogens with one attached hydrogen (secondary N) is 2. The van der Waals surface area contributed by atoms with Crippen LogP contribution in [-0.2, 0) is 0 Å². The minimum absolute atomic E-state index is 0.118. The zero-order chi connectivity index (χ0) is 20.3. The van der Waals surface area contributed by atoms with Gasteiger partial charge in [-0.2, -0.15) is 5.10 Å². The summed E-state index contributed by atoms with van der Waals surface area (Å²) < 4.78 is 1.40. The number of aromatic amines is 1. The van der Waals surface area contributed by atoms with Gasteiger partial charge in [0.05, 0.1) is 22.4 Å². The molecule has 0 saturated carbocycles. The quantitative estimate of drug-likeness (QED) is 0.401. The van der Waals surface area contributed by atoms with Crippen molar-refractivity contribution in [3.05, 3.63) is 91.4 Å². The Bertz CT molecular complexity index is 1140. The number of H-pyrrole nitrogens is 1. The van der Waals surface area contributed by atoms with E-state index in [2.05, 4.69) is 15.6 Å². The summed E-state index contributed by atoms with van der Waals surface area (Å²) in [6, 6.07) is 12.9. The van der Waals surface area contributed by atoms with Gasteiger partial charge in [-0.15, -0.1) is 0 Å². The molecule has 0 bridgehead atoms. The Hall–Kier alpha value is -4.01. The van der Waals surface area contributed by atoms with E-state index in [-0.39, 0.29) is 22.4 Å². The second-order valence-electron chi connectivity index (χ2n) is 6.05. The summed E-state index contributed by atoms with van der Waals surface area (Å²) in [5.41, 5.74) is 3.92. The topological polar surface area (TPSA) is 122 Å². The van der Waals surface area contributed by atoms with Crippen LogP contribution in [0.5, 0.6) is 0 Å². The van der Waals surface area contributed by atoms with E-state index in [9.17, 15) is 19.7 Å². The Morgan fingerprint density at radius 2 is 1.86 bits per heavy atom. The van der Waals surface area contributed by atoms with Crippen molar-refractivity contribution in [2.24, 2.45) is 5.10 Å². The lowest BCUT2D eigenvalue weighted by Crippen LogP contribution is -2.21. The predicted molar refractivity (Wildman–Crippen MR) is 104 cm³/mol. The number of hydrazone groups is 1. The zero-order valence-electron chi connectivity index (χ0n) is 15.2. The number of hydrogen-bond acceptors (Lipinski definition) is 5. The maximum atomic E-state index is 12.7. The fourth-order valence-electron chi connectivity index (χ4n) is 2.74. The molecule has 28 heavy (non-hydrogen) atoms. The van der Waals surface area contributed by atoms with Crippen LogP contribution < -0.4 is 11.0 Å². The molecule has 1 amide bonds. The van der Waals surface area contributed by atoms with Crippen molar-refractivity contribution in [1.29, 1.82) is 0 Å². The molecule has 142 valence electrons. The van der Waals surface area contributed by atoms with E-state index in [1.165, 1.54) is 35.2 Å². The van der Waals surface area contributed by atoms with E-state index < -0.39 is 10.8 Å². The molecule has 3 aromatic rings. The maximum absolute atomic E-state index is 12.7. The van der Waals surface area contributed by atoms with Gasteiger partial charge in [-0.1, -0.05) is 30.3 Å². The van der Waals surface area contributed by atoms with Gasteiger partial charge in [-0.05, 0) is 31.5 Å². The lowest BCUT2D eigenvalue weighted by Gasteiger charge is -2.04. The number of aryl methyl sites for hydroxylation is 2. The molecule has 1 aromatic heterocycles. The fraction of sp³-hybridized carbons (Fsp3) is 0.105. The van der Waals surface area contributed by atoms with E-state index in [4.69, 9.17) is 0 Å². The van der Waals surface area contributed by atoms with Gasteiger partial charge in [0.25, 0.3) is 17.2 Å². The van der Waals surface area contributed by atoms with Crippen LogP contribution in [0.1, 0.15) is 27.2 Å². The number of nitro groups is 1. The van der Waals surface area contributed by atoms with E-state index >= 15 is 0 Å². The standard InChI is InChI=1S/C19H17N5O4/c1-12-7-3-5-9-16(12)23-19(26)15(13(2)22-23)11-20-21-18(25)14-8-4-6-10-17(14)24(27)28/h3-11,22H,1-2H3,(H,21,25)/b20-11+. The molecule has 0 radical (unpaired) electrons. The second kappa shape index (κ2) is 7.70. The van der Waals surface area contributed by atoms with Gasteiger partial charge >= 0.3 is 0 Å². The summed E-state index contributed by atoms with van der Waals surface area (Å²) in [6.45, 7) is 3.60. The van der Waals surface area contributed by atoms with Crippen molar-refractivity contribution in [2.45, 2.75) is 13.8 Å². The molecule has 9 heteroatoms. The van der Waals surface area contributed by atoms with Crippen LogP contribution in [0, 0.1) is 24.0 Å². The summed E-state index contributed by atoms with van der Waals surface area (Å²) in [4.78, 5) is 35.2. The van der Waals surface area contributed by atoms with Crippen molar-refractivity contribution in [1.82, 2.24) is 15.2 Å². The first kappa shape index (κ1) is 18.8. The average Bonchev–Trinajstić information content (AvgIpc) is 2.96. The highest BCUT2D eigenvalue weighted by atomic mass is 16.6. The third-order valence-corrected chi connectivity index (χ3v) is 4.18. The van der Waals surface area contributed by atoms with E-state index in [0.29, 0.717) is 11.4 Å². The van der Waals surface area contributed by atoms with Crippen molar-refractivity contribution < 1.29 is 9.72 Å². The van der Waals surface area contributed by atoms with Gasteiger partial charge in [0.2, 0.25) is 0 Å². The van der Waals surface area contributed by atoms with Crippen molar-refractivity contribution in [3.8, 4) is 5.69 Å². The summed E-state index contributed by atoms with van der Waals surface area (Å²) >= 11 is 0. The molecule has 3 rings (SSSR count). The minimum Gasteiger partial charge on any atom is -0.295 e. The van der Waals surface area contributed by atoms with Crippen LogP contribution in [-0.4, -0.2) is 26.8 Å². The molecule has 0 unspecified atom stereocenters. The highest BCUT2D eigenvalue weighted by molar-refractivity contribution is 5.98. The lowest BCUT2D eigenvalue weighted by molar-refractivity contribution is -0.385. The van der Waals surface area contributed by atoms with Gasteiger partial charge in [0.1, 0.15) is 5.56 Å². The molecular weight excluding hydrogens is 362 g/mol. The number of para-hydroxylation sites is 2. The second-order valence-corrected chi connectivity index (χ2v) is 6.05. The largest absolute Gasteiger partial charge is 0.295 e. The number of nitro benzene ring substituents is 1. The normalized spacial score (nSPS) is 10.9. The van der Waals surface area contributed by atoms with Crippen molar-refractivity contribution in [2.75, 3.05) is 0 Å². The molecule has 0 spiro atoms. The Morgan fingerprint density at radius 1 is 1.18 bits per heavy atom. The molecule has 0 aliphatic rings. The maximum Gasteiger partial charge on any atom is 0.282 e. The first-order chi connectivity index (χ1) is 13.4. The van der Waals surface area contributed by atoms with Gasteiger partial charge in [0.15, 0.2) is 0 Å². The van der Waals surface area contributed by atoms with Crippen molar-refractivity contribution >= 4 is 17.8 Å². The molecule has 2 aromatic carbocycles. The molecule has 1 heterocycles. The van der Waals surface area contributed by atoms with Crippen LogP contribution in [0.4, 0.5) is 5.69 Å². The fourth-order valence-corrected chi connectivity index (χ4v) is 2.74. The first-order valence-electron chi connectivity index (χ1n) is 8.34. The van der Waals surface area contributed by atoms with E-state index in [1.807, 2.05) is 31.2 Å². The van der Waals surface area contributed by atoms with Gasteiger partial charge in [-0.25, -0.2) is 10.1 Å². The van der Waals surface area contributed by atoms with Crippen LogP contribution in [0.3, 0.4) is 0 Å². The molecule has 0 fully saturated rings. The average molecular weight is 379 g/mol. The Kier molecular flexibility index (Phi) is 5.16.